The molecular formula is C27H27FN6O3. The zero-order valence-corrected chi connectivity index (χ0v) is 20.5. The highest BCUT2D eigenvalue weighted by Crippen LogP contribution is 2.33. The number of nitrogens with zero attached hydrogens (tertiary/aromatic N) is 3. The molecule has 37 heavy (non-hydrogen) atoms. The molecule has 0 radical (unpaired) electrons. The topological polar surface area (TPSA) is 114 Å². The van der Waals surface area contributed by atoms with Crippen molar-refractivity contribution in [3.8, 4) is 0 Å². The predicted octanol–water partition coefficient (Wildman–Crippen LogP) is 3.06. The second-order valence-electron chi connectivity index (χ2n) is 10.2. The molecule has 6 rings (SSSR count). The first-order chi connectivity index (χ1) is 17.8. The van der Waals surface area contributed by atoms with Gasteiger partial charge in [0, 0.05) is 24.0 Å². The molecule has 0 saturated carbocycles. The average molecular weight is 503 g/mol. The van der Waals surface area contributed by atoms with Crippen LogP contribution < -0.4 is 5.32 Å². The average Bonchev–Trinajstić information content (AvgIpc) is 3.67. The number of benzene rings is 2. The summed E-state index contributed by atoms with van der Waals surface area (Å²) in [7, 11) is 0. The van der Waals surface area contributed by atoms with E-state index in [1.165, 1.54) is 12.1 Å². The number of carbonyl (C=O) groups is 3. The fourth-order valence-electron chi connectivity index (χ4n) is 5.51. The summed E-state index contributed by atoms with van der Waals surface area (Å²) in [6.45, 7) is 4.61. The smallest absolute Gasteiger partial charge is 0.290 e. The number of hydrogen-bond donors (Lipinski definition) is 3. The SMILES string of the molecule is CC(C)[C@H](NC(=O)c1cc2cc(F)ccc2[nH]1)C(=O)N1C[C@@H]2CC1CN2C(=O)c1nc2ccccc2[nH]1. The van der Waals surface area contributed by atoms with Crippen LogP contribution in [0.4, 0.5) is 4.39 Å². The number of piperazine rings is 1. The van der Waals surface area contributed by atoms with Crippen molar-refractivity contribution in [1.82, 2.24) is 30.1 Å². The van der Waals surface area contributed by atoms with Crippen LogP contribution >= 0.6 is 0 Å². The standard InChI is InChI=1S/C27H27FN6O3/c1-14(2)23(32-25(35)22-10-15-9-16(28)7-8-19(15)29-22)26(36)33-12-18-11-17(33)13-34(18)27(37)24-30-20-5-3-4-6-21(20)31-24/h3-10,14,17-18,23,29H,11-13H2,1-2H3,(H,30,31)(H,32,35)/t17?,18-,23-/m0/s1. The van der Waals surface area contributed by atoms with Gasteiger partial charge in [0.1, 0.15) is 17.6 Å². The molecule has 2 fully saturated rings. The van der Waals surface area contributed by atoms with Crippen molar-refractivity contribution >= 4 is 39.7 Å². The number of rotatable bonds is 5. The largest absolute Gasteiger partial charge is 0.351 e. The molecule has 1 unspecified atom stereocenters. The minimum Gasteiger partial charge on any atom is -0.351 e. The van der Waals surface area contributed by atoms with E-state index in [1.807, 2.05) is 38.1 Å². The molecular weight excluding hydrogens is 475 g/mol. The molecule has 4 heterocycles. The van der Waals surface area contributed by atoms with Crippen LogP contribution in [0.3, 0.4) is 0 Å². The van der Waals surface area contributed by atoms with Crippen molar-refractivity contribution in [3.63, 3.8) is 0 Å². The molecule has 190 valence electrons. The van der Waals surface area contributed by atoms with Gasteiger partial charge in [0.2, 0.25) is 5.91 Å². The lowest BCUT2D eigenvalue weighted by Crippen LogP contribution is -2.57. The van der Waals surface area contributed by atoms with E-state index in [0.717, 1.165) is 11.0 Å². The third kappa shape index (κ3) is 4.02. The van der Waals surface area contributed by atoms with Gasteiger partial charge in [0.25, 0.3) is 11.8 Å². The highest BCUT2D eigenvalue weighted by atomic mass is 19.1. The number of para-hydroxylation sites is 2. The molecule has 2 aliphatic heterocycles. The molecule has 4 aromatic rings. The monoisotopic (exact) mass is 502 g/mol. The van der Waals surface area contributed by atoms with E-state index in [0.29, 0.717) is 36.2 Å². The number of halogens is 1. The van der Waals surface area contributed by atoms with Gasteiger partial charge in [-0.2, -0.15) is 0 Å². The van der Waals surface area contributed by atoms with Crippen molar-refractivity contribution in [2.75, 3.05) is 13.1 Å². The van der Waals surface area contributed by atoms with E-state index in [-0.39, 0.29) is 41.3 Å². The van der Waals surface area contributed by atoms with Crippen LogP contribution in [0.15, 0.2) is 48.5 Å². The van der Waals surface area contributed by atoms with Crippen LogP contribution in [0.5, 0.6) is 0 Å². The summed E-state index contributed by atoms with van der Waals surface area (Å²) >= 11 is 0. The maximum absolute atomic E-state index is 13.6. The number of H-pyrrole nitrogens is 2. The van der Waals surface area contributed by atoms with Gasteiger partial charge in [-0.15, -0.1) is 0 Å². The van der Waals surface area contributed by atoms with E-state index in [1.54, 1.807) is 21.9 Å². The number of amides is 3. The van der Waals surface area contributed by atoms with Gasteiger partial charge in [0.05, 0.1) is 23.1 Å². The molecule has 3 amide bonds. The van der Waals surface area contributed by atoms with Gasteiger partial charge < -0.3 is 25.1 Å². The second kappa shape index (κ2) is 8.72. The summed E-state index contributed by atoms with van der Waals surface area (Å²) in [4.78, 5) is 53.8. The lowest BCUT2D eigenvalue weighted by atomic mass is 10.0. The predicted molar refractivity (Wildman–Crippen MR) is 135 cm³/mol. The Bertz CT molecular complexity index is 1510. The number of fused-ring (bicyclic) bond motifs is 4. The van der Waals surface area contributed by atoms with E-state index in [2.05, 4.69) is 20.3 Å². The molecule has 9 nitrogen and oxygen atoms in total. The van der Waals surface area contributed by atoms with E-state index >= 15 is 0 Å². The first kappa shape index (κ1) is 23.2. The Hall–Kier alpha value is -4.21. The number of likely N-dealkylation sites (tertiary alicyclic amines) is 2. The van der Waals surface area contributed by atoms with Crippen molar-refractivity contribution in [2.45, 2.75) is 38.4 Å². The molecule has 2 bridgehead atoms. The highest BCUT2D eigenvalue weighted by molar-refractivity contribution is 6.00. The second-order valence-corrected chi connectivity index (χ2v) is 10.2. The van der Waals surface area contributed by atoms with Crippen molar-refractivity contribution < 1.29 is 18.8 Å². The third-order valence-corrected chi connectivity index (χ3v) is 7.42. The lowest BCUT2D eigenvalue weighted by Gasteiger charge is -2.36. The summed E-state index contributed by atoms with van der Waals surface area (Å²) in [5, 5.41) is 3.46. The molecule has 2 aromatic heterocycles. The zero-order chi connectivity index (χ0) is 25.8. The van der Waals surface area contributed by atoms with Gasteiger partial charge in [-0.25, -0.2) is 9.37 Å². The fourth-order valence-corrected chi connectivity index (χ4v) is 5.51. The van der Waals surface area contributed by atoms with Crippen LogP contribution in [0.1, 0.15) is 41.4 Å². The van der Waals surface area contributed by atoms with E-state index in [4.69, 9.17) is 0 Å². The van der Waals surface area contributed by atoms with E-state index < -0.39 is 11.9 Å². The number of hydrogen-bond acceptors (Lipinski definition) is 4. The molecule has 3 atom stereocenters. The van der Waals surface area contributed by atoms with Gasteiger partial charge in [0.15, 0.2) is 5.82 Å². The molecule has 2 aromatic carbocycles. The number of nitrogens with one attached hydrogen (secondary N) is 3. The van der Waals surface area contributed by atoms with Crippen molar-refractivity contribution in [2.24, 2.45) is 5.92 Å². The van der Waals surface area contributed by atoms with E-state index in [9.17, 15) is 18.8 Å². The number of carbonyl (C=O) groups excluding carboxylic acids is 3. The zero-order valence-electron chi connectivity index (χ0n) is 20.5. The Balaban J connectivity index is 1.14. The molecule has 10 heteroatoms. The highest BCUT2D eigenvalue weighted by Gasteiger charge is 2.49. The first-order valence-electron chi connectivity index (χ1n) is 12.4. The molecule has 2 saturated heterocycles. The van der Waals surface area contributed by atoms with Crippen LogP contribution in [0, 0.1) is 11.7 Å². The van der Waals surface area contributed by atoms with Gasteiger partial charge >= 0.3 is 0 Å². The Labute approximate surface area is 212 Å². The molecule has 2 aliphatic rings. The number of aromatic amines is 2. The maximum Gasteiger partial charge on any atom is 0.290 e. The summed E-state index contributed by atoms with van der Waals surface area (Å²) in [6.07, 6.45) is 0.698. The van der Waals surface area contributed by atoms with Crippen LogP contribution in [-0.2, 0) is 4.79 Å². The van der Waals surface area contributed by atoms with Gasteiger partial charge in [-0.3, -0.25) is 14.4 Å². The van der Waals surface area contributed by atoms with Gasteiger partial charge in [-0.1, -0.05) is 26.0 Å². The minimum atomic E-state index is -0.727. The Morgan fingerprint density at radius 3 is 2.49 bits per heavy atom. The summed E-state index contributed by atoms with van der Waals surface area (Å²) in [5.74, 6) is -0.975. The number of aromatic nitrogens is 3. The quantitative estimate of drug-likeness (QED) is 0.389. The molecule has 0 aliphatic carbocycles. The van der Waals surface area contributed by atoms with Crippen LogP contribution in [-0.4, -0.2) is 73.7 Å². The Morgan fingerprint density at radius 1 is 1.00 bits per heavy atom. The Morgan fingerprint density at radius 2 is 1.76 bits per heavy atom. The van der Waals surface area contributed by atoms with Crippen molar-refractivity contribution in [3.05, 3.63) is 65.9 Å². The van der Waals surface area contributed by atoms with Crippen LogP contribution in [0.25, 0.3) is 21.9 Å². The van der Waals surface area contributed by atoms with Crippen LogP contribution in [0.2, 0.25) is 0 Å². The fraction of sp³-hybridized carbons (Fsp3) is 0.333. The number of imidazole rings is 1. The third-order valence-electron chi connectivity index (χ3n) is 7.42. The summed E-state index contributed by atoms with van der Waals surface area (Å²) < 4.78 is 13.5. The normalized spacial score (nSPS) is 19.8. The lowest BCUT2D eigenvalue weighted by molar-refractivity contribution is -0.136. The molecule has 0 spiro atoms. The summed E-state index contributed by atoms with van der Waals surface area (Å²) in [5.41, 5.74) is 2.46. The minimum absolute atomic E-state index is 0.0956. The van der Waals surface area contributed by atoms with Gasteiger partial charge in [-0.05, 0) is 48.7 Å². The van der Waals surface area contributed by atoms with Crippen molar-refractivity contribution in [1.29, 1.82) is 0 Å². The maximum atomic E-state index is 13.6. The molecule has 3 N–H and O–H groups in total. The Kier molecular flexibility index (Phi) is 5.47. The first-order valence-corrected chi connectivity index (χ1v) is 12.4. The summed E-state index contributed by atoms with van der Waals surface area (Å²) in [6, 6.07) is 12.4.